The zero-order valence-corrected chi connectivity index (χ0v) is 10.3. The Kier molecular flexibility index (Phi) is 3.09. The van der Waals surface area contributed by atoms with Crippen molar-refractivity contribution in [3.8, 4) is 0 Å². The molecule has 5 heteroatoms. The molecule has 20 heavy (non-hydrogen) atoms. The lowest BCUT2D eigenvalue weighted by molar-refractivity contribution is -0.129. The normalized spacial score (nSPS) is 16.1. The second-order valence-corrected chi connectivity index (χ2v) is 4.13. The maximum Gasteiger partial charge on any atom is 0.363 e. The summed E-state index contributed by atoms with van der Waals surface area (Å²) in [6.45, 7) is 0. The van der Waals surface area contributed by atoms with Crippen LogP contribution < -0.4 is 0 Å². The van der Waals surface area contributed by atoms with E-state index in [1.54, 1.807) is 30.6 Å². The number of aromatic nitrogens is 1. The van der Waals surface area contributed by atoms with Crippen molar-refractivity contribution in [2.24, 2.45) is 4.99 Å². The smallest absolute Gasteiger partial charge is 0.363 e. The topological polar surface area (TPSA) is 51.5 Å². The first-order valence-corrected chi connectivity index (χ1v) is 5.91. The molecule has 1 aliphatic heterocycles. The van der Waals surface area contributed by atoms with Crippen LogP contribution in [-0.2, 0) is 9.53 Å². The number of aliphatic imine (C=N–C) groups is 1. The van der Waals surface area contributed by atoms with Crippen molar-refractivity contribution in [3.63, 3.8) is 0 Å². The minimum Gasteiger partial charge on any atom is -0.402 e. The van der Waals surface area contributed by atoms with E-state index in [0.29, 0.717) is 5.56 Å². The number of hydrogen-bond acceptors (Lipinski definition) is 4. The zero-order valence-electron chi connectivity index (χ0n) is 10.3. The van der Waals surface area contributed by atoms with Gasteiger partial charge in [-0.15, -0.1) is 0 Å². The van der Waals surface area contributed by atoms with Crippen molar-refractivity contribution >= 4 is 17.9 Å². The van der Waals surface area contributed by atoms with Gasteiger partial charge in [0.05, 0.1) is 0 Å². The minimum absolute atomic E-state index is 0.171. The average molecular weight is 268 g/mol. The molecule has 3 rings (SSSR count). The summed E-state index contributed by atoms with van der Waals surface area (Å²) in [4.78, 5) is 19.8. The van der Waals surface area contributed by atoms with Crippen molar-refractivity contribution in [2.45, 2.75) is 0 Å². The third-order valence-corrected chi connectivity index (χ3v) is 2.70. The van der Waals surface area contributed by atoms with Crippen LogP contribution in [0.1, 0.15) is 11.1 Å². The molecule has 0 spiro atoms. The van der Waals surface area contributed by atoms with Crippen molar-refractivity contribution in [1.29, 1.82) is 0 Å². The fourth-order valence-corrected chi connectivity index (χ4v) is 1.74. The van der Waals surface area contributed by atoms with Gasteiger partial charge in [-0.2, -0.15) is 0 Å². The van der Waals surface area contributed by atoms with Crippen LogP contribution in [0, 0.1) is 5.82 Å². The minimum atomic E-state index is -0.534. The number of cyclic esters (lactones) is 1. The number of hydrogen-bond donors (Lipinski definition) is 0. The van der Waals surface area contributed by atoms with Gasteiger partial charge < -0.3 is 4.74 Å². The molecule has 0 unspecified atom stereocenters. The number of benzene rings is 1. The van der Waals surface area contributed by atoms with E-state index in [-0.39, 0.29) is 17.4 Å². The summed E-state index contributed by atoms with van der Waals surface area (Å²) < 4.78 is 17.9. The Balaban J connectivity index is 1.93. The van der Waals surface area contributed by atoms with Crippen LogP contribution >= 0.6 is 0 Å². The first-order chi connectivity index (χ1) is 9.72. The molecule has 0 amide bonds. The summed E-state index contributed by atoms with van der Waals surface area (Å²) in [7, 11) is 0. The fraction of sp³-hybridized carbons (Fsp3) is 0. The largest absolute Gasteiger partial charge is 0.402 e. The second kappa shape index (κ2) is 5.05. The number of rotatable bonds is 2. The van der Waals surface area contributed by atoms with E-state index in [1.165, 1.54) is 24.3 Å². The van der Waals surface area contributed by atoms with Crippen molar-refractivity contribution in [3.05, 3.63) is 71.4 Å². The summed E-state index contributed by atoms with van der Waals surface area (Å²) in [6.07, 6.45) is 4.85. The quantitative estimate of drug-likeness (QED) is 0.621. The lowest BCUT2D eigenvalue weighted by Gasteiger charge is -1.98. The first-order valence-electron chi connectivity index (χ1n) is 5.91. The van der Waals surface area contributed by atoms with Gasteiger partial charge in [0.2, 0.25) is 5.90 Å². The second-order valence-electron chi connectivity index (χ2n) is 4.13. The third-order valence-electron chi connectivity index (χ3n) is 2.70. The molecular weight excluding hydrogens is 259 g/mol. The van der Waals surface area contributed by atoms with Gasteiger partial charge in [-0.05, 0) is 42.0 Å². The molecule has 1 aliphatic rings. The number of nitrogens with zero attached hydrogens (tertiary/aromatic N) is 2. The van der Waals surface area contributed by atoms with Crippen molar-refractivity contribution in [1.82, 2.24) is 4.98 Å². The molecule has 0 N–H and O–H groups in total. The Morgan fingerprint density at radius 1 is 1.15 bits per heavy atom. The molecule has 2 heterocycles. The molecule has 1 aromatic carbocycles. The molecule has 0 atom stereocenters. The lowest BCUT2D eigenvalue weighted by atomic mass is 10.2. The van der Waals surface area contributed by atoms with Gasteiger partial charge in [0.1, 0.15) is 5.82 Å². The molecule has 1 aromatic heterocycles. The first kappa shape index (κ1) is 12.2. The lowest BCUT2D eigenvalue weighted by Crippen LogP contribution is -2.05. The average Bonchev–Trinajstić information content (AvgIpc) is 2.82. The standard InChI is InChI=1S/C15H9FN2O2/c16-12-5-3-11(4-6-12)14-18-13(15(19)20-14)8-10-2-1-7-17-9-10/h1-9H/b13-8+. The number of halogens is 1. The molecule has 0 fully saturated rings. The van der Waals surface area contributed by atoms with Crippen LogP contribution in [0.3, 0.4) is 0 Å². The maximum atomic E-state index is 12.8. The van der Waals surface area contributed by atoms with Gasteiger partial charge in [0.25, 0.3) is 0 Å². The van der Waals surface area contributed by atoms with Crippen LogP contribution in [0.4, 0.5) is 4.39 Å². The molecule has 0 aliphatic carbocycles. The fourth-order valence-electron chi connectivity index (χ4n) is 1.74. The van der Waals surface area contributed by atoms with E-state index in [4.69, 9.17) is 4.74 Å². The monoisotopic (exact) mass is 268 g/mol. The summed E-state index contributed by atoms with van der Waals surface area (Å²) in [5, 5.41) is 0. The molecule has 2 aromatic rings. The zero-order chi connectivity index (χ0) is 13.9. The number of ether oxygens (including phenoxy) is 1. The van der Waals surface area contributed by atoms with Crippen LogP contribution in [0.15, 0.2) is 59.5 Å². The van der Waals surface area contributed by atoms with Crippen LogP contribution in [0.5, 0.6) is 0 Å². The van der Waals surface area contributed by atoms with Gasteiger partial charge >= 0.3 is 5.97 Å². The van der Waals surface area contributed by atoms with Crippen molar-refractivity contribution < 1.29 is 13.9 Å². The number of carbonyl (C=O) groups excluding carboxylic acids is 1. The van der Waals surface area contributed by atoms with Gasteiger partial charge in [-0.25, -0.2) is 14.2 Å². The Morgan fingerprint density at radius 3 is 2.65 bits per heavy atom. The highest BCUT2D eigenvalue weighted by molar-refractivity contribution is 6.12. The van der Waals surface area contributed by atoms with Gasteiger partial charge in [-0.3, -0.25) is 4.98 Å². The Labute approximate surface area is 114 Å². The SMILES string of the molecule is O=C1OC(c2ccc(F)cc2)=N/C1=C/c1cccnc1. The Morgan fingerprint density at radius 2 is 1.95 bits per heavy atom. The van der Waals surface area contributed by atoms with E-state index in [0.717, 1.165) is 5.56 Å². The van der Waals surface area contributed by atoms with Gasteiger partial charge in [0.15, 0.2) is 5.70 Å². The maximum absolute atomic E-state index is 12.8. The summed E-state index contributed by atoms with van der Waals surface area (Å²) in [6, 6.07) is 9.15. The van der Waals surface area contributed by atoms with E-state index < -0.39 is 5.97 Å². The van der Waals surface area contributed by atoms with E-state index in [1.807, 2.05) is 0 Å². The predicted octanol–water partition coefficient (Wildman–Crippen LogP) is 2.57. The molecular formula is C15H9FN2O2. The summed E-state index contributed by atoms with van der Waals surface area (Å²) in [5.41, 5.74) is 1.50. The highest BCUT2D eigenvalue weighted by atomic mass is 19.1. The van der Waals surface area contributed by atoms with Crippen LogP contribution in [-0.4, -0.2) is 16.9 Å². The summed E-state index contributed by atoms with van der Waals surface area (Å²) >= 11 is 0. The van der Waals surface area contributed by atoms with Crippen LogP contribution in [0.2, 0.25) is 0 Å². The van der Waals surface area contributed by atoms with Gasteiger partial charge in [0, 0.05) is 18.0 Å². The third kappa shape index (κ3) is 2.47. The molecule has 98 valence electrons. The molecule has 0 radical (unpaired) electrons. The number of pyridine rings is 1. The Hall–Kier alpha value is -2.82. The number of esters is 1. The number of carbonyl (C=O) groups is 1. The van der Waals surface area contributed by atoms with Crippen molar-refractivity contribution in [2.75, 3.05) is 0 Å². The summed E-state index contributed by atoms with van der Waals surface area (Å²) in [5.74, 6) is -0.719. The van der Waals surface area contributed by atoms with Crippen LogP contribution in [0.25, 0.3) is 6.08 Å². The van der Waals surface area contributed by atoms with E-state index >= 15 is 0 Å². The predicted molar refractivity (Wildman–Crippen MR) is 71.2 cm³/mol. The molecule has 0 saturated carbocycles. The Bertz CT molecular complexity index is 706. The highest BCUT2D eigenvalue weighted by Crippen LogP contribution is 2.18. The molecule has 4 nitrogen and oxygen atoms in total. The van der Waals surface area contributed by atoms with Gasteiger partial charge in [-0.1, -0.05) is 6.07 Å². The molecule has 0 saturated heterocycles. The molecule has 0 bridgehead atoms. The van der Waals surface area contributed by atoms with E-state index in [2.05, 4.69) is 9.98 Å². The van der Waals surface area contributed by atoms with E-state index in [9.17, 15) is 9.18 Å². The highest BCUT2D eigenvalue weighted by Gasteiger charge is 2.24.